The number of nitrogens with zero attached hydrogens (tertiary/aromatic N) is 6. The second-order valence-electron chi connectivity index (χ2n) is 5.90. The number of amides is 1. The van der Waals surface area contributed by atoms with Crippen LogP contribution in [0, 0.1) is 24.0 Å². The molecule has 3 aromatic rings. The average Bonchev–Trinajstić information content (AvgIpc) is 3.26. The number of carbonyl (C=O) groups excluding carboxylic acids is 1. The normalized spacial score (nSPS) is 11.1. The van der Waals surface area contributed by atoms with Crippen LogP contribution in [-0.4, -0.2) is 37.3 Å². The summed E-state index contributed by atoms with van der Waals surface area (Å²) < 4.78 is 6.71. The highest BCUT2D eigenvalue weighted by Crippen LogP contribution is 2.33. The minimum Gasteiger partial charge on any atom is -0.455 e. The molecule has 0 atom stereocenters. The SMILES string of the molecule is Cc1cc(-c2ccc(/C=N/NC(=O)Cn3nnnc3N)o2)c([N+](=O)[O-])cc1C. The Hall–Kier alpha value is -4.09. The maximum absolute atomic E-state index is 11.8. The largest absolute Gasteiger partial charge is 0.455 e. The lowest BCUT2D eigenvalue weighted by molar-refractivity contribution is -0.384. The first-order valence-corrected chi connectivity index (χ1v) is 8.04. The van der Waals surface area contributed by atoms with Gasteiger partial charge in [-0.1, -0.05) is 5.10 Å². The van der Waals surface area contributed by atoms with Gasteiger partial charge in [-0.15, -0.1) is 0 Å². The van der Waals surface area contributed by atoms with E-state index in [2.05, 4.69) is 26.1 Å². The minimum atomic E-state index is -0.494. The van der Waals surface area contributed by atoms with Crippen molar-refractivity contribution in [2.45, 2.75) is 20.4 Å². The van der Waals surface area contributed by atoms with Crippen LogP contribution >= 0.6 is 0 Å². The summed E-state index contributed by atoms with van der Waals surface area (Å²) in [6, 6.07) is 6.39. The summed E-state index contributed by atoms with van der Waals surface area (Å²) in [5, 5.41) is 25.4. The molecule has 12 heteroatoms. The van der Waals surface area contributed by atoms with Crippen LogP contribution in [0.4, 0.5) is 11.6 Å². The van der Waals surface area contributed by atoms with E-state index in [0.717, 1.165) is 15.8 Å². The zero-order valence-corrected chi connectivity index (χ0v) is 15.0. The Morgan fingerprint density at radius 3 is 2.82 bits per heavy atom. The van der Waals surface area contributed by atoms with Gasteiger partial charge in [0.05, 0.1) is 16.7 Å². The summed E-state index contributed by atoms with van der Waals surface area (Å²) in [7, 11) is 0. The Bertz CT molecular complexity index is 1070. The number of hydrazone groups is 1. The number of anilines is 1. The maximum atomic E-state index is 11.8. The fraction of sp³-hybridized carbons (Fsp3) is 0.188. The van der Waals surface area contributed by atoms with Crippen molar-refractivity contribution in [1.82, 2.24) is 25.6 Å². The monoisotopic (exact) mass is 384 g/mol. The molecule has 0 aliphatic carbocycles. The van der Waals surface area contributed by atoms with Crippen LogP contribution in [0.1, 0.15) is 16.9 Å². The van der Waals surface area contributed by atoms with E-state index in [1.54, 1.807) is 25.1 Å². The van der Waals surface area contributed by atoms with Crippen LogP contribution in [0.5, 0.6) is 0 Å². The molecule has 0 spiro atoms. The molecule has 0 radical (unpaired) electrons. The molecule has 0 saturated carbocycles. The number of benzene rings is 1. The van der Waals surface area contributed by atoms with Gasteiger partial charge in [0.2, 0.25) is 5.95 Å². The van der Waals surface area contributed by atoms with Crippen molar-refractivity contribution < 1.29 is 14.1 Å². The Morgan fingerprint density at radius 2 is 2.14 bits per heavy atom. The van der Waals surface area contributed by atoms with Crippen molar-refractivity contribution in [3.05, 3.63) is 51.3 Å². The molecule has 2 aromatic heterocycles. The van der Waals surface area contributed by atoms with E-state index in [4.69, 9.17) is 10.2 Å². The number of tetrazole rings is 1. The first kappa shape index (κ1) is 18.7. The van der Waals surface area contributed by atoms with Crippen molar-refractivity contribution >= 4 is 23.8 Å². The number of aryl methyl sites for hydroxylation is 2. The third-order valence-electron chi connectivity index (χ3n) is 3.93. The van der Waals surface area contributed by atoms with Crippen molar-refractivity contribution in [1.29, 1.82) is 0 Å². The van der Waals surface area contributed by atoms with E-state index in [-0.39, 0.29) is 18.2 Å². The molecule has 0 bridgehead atoms. The molecular formula is C16H16N8O4. The van der Waals surface area contributed by atoms with Crippen LogP contribution in [-0.2, 0) is 11.3 Å². The number of rotatable bonds is 6. The summed E-state index contributed by atoms with van der Waals surface area (Å²) in [6.45, 7) is 3.47. The van der Waals surface area contributed by atoms with Gasteiger partial charge in [-0.2, -0.15) is 5.10 Å². The van der Waals surface area contributed by atoms with Crippen molar-refractivity contribution in [2.75, 3.05) is 5.73 Å². The van der Waals surface area contributed by atoms with Crippen LogP contribution in [0.3, 0.4) is 0 Å². The molecule has 28 heavy (non-hydrogen) atoms. The van der Waals surface area contributed by atoms with Crippen molar-refractivity contribution in [3.8, 4) is 11.3 Å². The predicted octanol–water partition coefficient (Wildman–Crippen LogP) is 1.19. The zero-order chi connectivity index (χ0) is 20.3. The van der Waals surface area contributed by atoms with Crippen LogP contribution < -0.4 is 11.2 Å². The third kappa shape index (κ3) is 4.00. The summed E-state index contributed by atoms with van der Waals surface area (Å²) in [5.41, 5.74) is 9.78. The summed E-state index contributed by atoms with van der Waals surface area (Å²) >= 11 is 0. The molecule has 144 valence electrons. The number of furan rings is 1. The standard InChI is InChI=1S/C16H16N8O4/c1-9-5-12(13(24(26)27)6-10(9)2)14-4-3-11(28-14)7-18-19-15(25)8-23-16(17)20-21-22-23/h3-7H,8H2,1-2H3,(H,19,25)(H2,17,20,22)/b18-7+. The van der Waals surface area contributed by atoms with Gasteiger partial charge in [0, 0.05) is 6.07 Å². The van der Waals surface area contributed by atoms with Gasteiger partial charge in [-0.3, -0.25) is 14.9 Å². The Labute approximate surface area is 158 Å². The van der Waals surface area contributed by atoms with Gasteiger partial charge in [-0.25, -0.2) is 10.1 Å². The number of nitro benzene ring substituents is 1. The highest BCUT2D eigenvalue weighted by Gasteiger charge is 2.19. The Morgan fingerprint density at radius 1 is 1.39 bits per heavy atom. The number of nitro groups is 1. The van der Waals surface area contributed by atoms with E-state index in [1.165, 1.54) is 12.3 Å². The Kier molecular flexibility index (Phi) is 5.11. The molecule has 3 rings (SSSR count). The van der Waals surface area contributed by atoms with Gasteiger partial charge < -0.3 is 10.2 Å². The van der Waals surface area contributed by atoms with E-state index in [9.17, 15) is 14.9 Å². The maximum Gasteiger partial charge on any atom is 0.280 e. The highest BCUT2D eigenvalue weighted by molar-refractivity contribution is 5.81. The Balaban J connectivity index is 1.72. The number of nitrogens with one attached hydrogen (secondary N) is 1. The summed E-state index contributed by atoms with van der Waals surface area (Å²) in [6.07, 6.45) is 1.28. The molecule has 3 N–H and O–H groups in total. The molecule has 0 saturated heterocycles. The van der Waals surface area contributed by atoms with E-state index in [0.29, 0.717) is 17.1 Å². The molecule has 12 nitrogen and oxygen atoms in total. The number of aromatic nitrogens is 4. The first-order valence-electron chi connectivity index (χ1n) is 8.04. The van der Waals surface area contributed by atoms with E-state index < -0.39 is 10.8 Å². The average molecular weight is 384 g/mol. The molecule has 0 aliphatic heterocycles. The molecule has 1 aromatic carbocycles. The number of nitrogen functional groups attached to an aromatic ring is 1. The minimum absolute atomic E-state index is 0.00444. The second-order valence-corrected chi connectivity index (χ2v) is 5.90. The summed E-state index contributed by atoms with van der Waals surface area (Å²) in [5.74, 6) is 0.144. The lowest BCUT2D eigenvalue weighted by Crippen LogP contribution is -2.24. The number of hydrogen-bond acceptors (Lipinski definition) is 9. The molecule has 0 aliphatic rings. The first-order chi connectivity index (χ1) is 13.3. The van der Waals surface area contributed by atoms with Crippen LogP contribution in [0.15, 0.2) is 33.8 Å². The van der Waals surface area contributed by atoms with E-state index >= 15 is 0 Å². The van der Waals surface area contributed by atoms with Crippen molar-refractivity contribution in [2.24, 2.45) is 5.10 Å². The topological polar surface area (TPSA) is 167 Å². The molecular weight excluding hydrogens is 368 g/mol. The smallest absolute Gasteiger partial charge is 0.280 e. The number of hydrogen-bond donors (Lipinski definition) is 2. The third-order valence-corrected chi connectivity index (χ3v) is 3.93. The van der Waals surface area contributed by atoms with Gasteiger partial charge in [0.15, 0.2) is 0 Å². The van der Waals surface area contributed by atoms with Crippen LogP contribution in [0.25, 0.3) is 11.3 Å². The fourth-order valence-electron chi connectivity index (χ4n) is 2.38. The summed E-state index contributed by atoms with van der Waals surface area (Å²) in [4.78, 5) is 22.6. The zero-order valence-electron chi connectivity index (χ0n) is 15.0. The lowest BCUT2D eigenvalue weighted by Gasteiger charge is -2.04. The predicted molar refractivity (Wildman–Crippen MR) is 98.2 cm³/mol. The van der Waals surface area contributed by atoms with Gasteiger partial charge in [-0.05, 0) is 53.6 Å². The van der Waals surface area contributed by atoms with Crippen LogP contribution in [0.2, 0.25) is 0 Å². The van der Waals surface area contributed by atoms with Gasteiger partial charge in [0.25, 0.3) is 11.6 Å². The second kappa shape index (κ2) is 7.65. The molecule has 0 unspecified atom stereocenters. The quantitative estimate of drug-likeness (QED) is 0.363. The fourth-order valence-corrected chi connectivity index (χ4v) is 2.38. The lowest BCUT2D eigenvalue weighted by atomic mass is 10.0. The van der Waals surface area contributed by atoms with E-state index in [1.807, 2.05) is 6.92 Å². The van der Waals surface area contributed by atoms with Crippen molar-refractivity contribution in [3.63, 3.8) is 0 Å². The van der Waals surface area contributed by atoms with Gasteiger partial charge in [0.1, 0.15) is 18.1 Å². The molecule has 1 amide bonds. The number of carbonyl (C=O) groups is 1. The van der Waals surface area contributed by atoms with Gasteiger partial charge >= 0.3 is 0 Å². The molecule has 0 fully saturated rings. The molecule has 2 heterocycles. The number of nitrogens with two attached hydrogens (primary N) is 1. The highest BCUT2D eigenvalue weighted by atomic mass is 16.6.